The second-order valence-corrected chi connectivity index (χ2v) is 26.7. The van der Waals surface area contributed by atoms with Crippen molar-refractivity contribution in [3.05, 3.63) is 54.2 Å². The molecule has 0 saturated carbocycles. The fraction of sp³-hybridized carbons (Fsp3) is 0.576. The SMILES string of the molecule is CC(C)C[C@H](NC(=O)[C@H](CCCN=C(N)N)NC(=O)[C@H](C)NC(=O)[C@H](Cc1c[nH]c2ccccc12)NC(=O)[C@H](C)NC(=O)[C@H](C)N)C(=O)N[C@@H](CC(C)C)C(=O)N[C@@H](CCC(N)=O)C(=O)N[C@@H](CCC(=O)O)C(=O)N[C@@H](Cc1cnc[nH]1)C(=O)N1CCC[C@H]1C(=O)N[C@@H](CC(N)=O)C(=O)N[C@@H](C)C(=O)O. The molecular formula is C66H101N21O18. The normalized spacial score (nSPS) is 16.1. The number of para-hydroxylation sites is 1. The van der Waals surface area contributed by atoms with E-state index in [1.54, 1.807) is 52.1 Å². The highest BCUT2D eigenvalue weighted by Crippen LogP contribution is 2.22. The van der Waals surface area contributed by atoms with Crippen LogP contribution in [0.5, 0.6) is 0 Å². The number of hydrogen-bond donors (Lipinski definition) is 20. The Balaban J connectivity index is 1.59. The lowest BCUT2D eigenvalue weighted by Crippen LogP contribution is -2.61. The van der Waals surface area contributed by atoms with Crippen LogP contribution in [-0.2, 0) is 89.6 Å². The maximum Gasteiger partial charge on any atom is 0.325 e. The molecule has 39 nitrogen and oxygen atoms in total. The molecule has 0 unspecified atom stereocenters. The average molecular weight is 1480 g/mol. The van der Waals surface area contributed by atoms with Gasteiger partial charge in [-0.25, -0.2) is 4.98 Å². The zero-order valence-electron chi connectivity index (χ0n) is 60.0. The van der Waals surface area contributed by atoms with Gasteiger partial charge in [0.25, 0.3) is 0 Å². The highest BCUT2D eigenvalue weighted by Gasteiger charge is 2.42. The van der Waals surface area contributed by atoms with Crippen molar-refractivity contribution in [2.24, 2.45) is 45.5 Å². The number of H-pyrrole nitrogens is 2. The zero-order valence-corrected chi connectivity index (χ0v) is 60.0. The Bertz CT molecular complexity index is 3610. The van der Waals surface area contributed by atoms with E-state index in [4.69, 9.17) is 28.7 Å². The van der Waals surface area contributed by atoms with E-state index >= 15 is 0 Å². The van der Waals surface area contributed by atoms with Gasteiger partial charge in [-0.1, -0.05) is 45.9 Å². The number of aliphatic carboxylic acids is 2. The number of carboxylic acid groups (broad SMARTS) is 2. The molecule has 13 atom stereocenters. The summed E-state index contributed by atoms with van der Waals surface area (Å²) in [5, 5.41) is 47.5. The highest BCUT2D eigenvalue weighted by atomic mass is 16.4. The molecule has 4 rings (SSSR count). The molecule has 25 N–H and O–H groups in total. The number of fused-ring (bicyclic) bond motifs is 1. The number of primary amides is 2. The third kappa shape index (κ3) is 28.8. The Morgan fingerprint density at radius 1 is 0.543 bits per heavy atom. The summed E-state index contributed by atoms with van der Waals surface area (Å²) in [7, 11) is 0. The molecule has 0 bridgehead atoms. The number of aromatic nitrogens is 3. The van der Waals surface area contributed by atoms with Crippen LogP contribution in [0.2, 0.25) is 0 Å². The summed E-state index contributed by atoms with van der Waals surface area (Å²) in [5.74, 6) is -16.9. The van der Waals surface area contributed by atoms with Crippen molar-refractivity contribution in [2.45, 2.75) is 217 Å². The number of rotatable bonds is 44. The number of likely N-dealkylation sites (tertiary alicyclic amines) is 1. The van der Waals surface area contributed by atoms with E-state index in [0.29, 0.717) is 5.56 Å². The van der Waals surface area contributed by atoms with E-state index in [1.807, 2.05) is 6.07 Å². The predicted octanol–water partition coefficient (Wildman–Crippen LogP) is -5.36. The number of carbonyl (C=O) groups excluding carboxylic acids is 14. The van der Waals surface area contributed by atoms with E-state index in [-0.39, 0.29) is 87.9 Å². The number of aliphatic imine (C=N–C) groups is 1. The Labute approximate surface area is 604 Å². The third-order valence-electron chi connectivity index (χ3n) is 16.7. The minimum atomic E-state index is -1.81. The van der Waals surface area contributed by atoms with Gasteiger partial charge >= 0.3 is 11.9 Å². The number of hydrogen-bond acceptors (Lipinski definition) is 19. The van der Waals surface area contributed by atoms with Crippen molar-refractivity contribution >= 4 is 112 Å². The van der Waals surface area contributed by atoms with Gasteiger partial charge < -0.3 is 112 Å². The predicted molar refractivity (Wildman–Crippen MR) is 377 cm³/mol. The number of amides is 14. The largest absolute Gasteiger partial charge is 0.481 e. The lowest BCUT2D eigenvalue weighted by atomic mass is 9.99. The minimum Gasteiger partial charge on any atom is -0.481 e. The number of guanidine groups is 1. The number of nitrogens with zero attached hydrogens (tertiary/aromatic N) is 3. The quantitative estimate of drug-likeness (QED) is 0.0143. The van der Waals surface area contributed by atoms with Gasteiger partial charge in [-0.3, -0.25) is 81.7 Å². The second kappa shape index (κ2) is 41.7. The lowest BCUT2D eigenvalue weighted by molar-refractivity contribution is -0.143. The summed E-state index contributed by atoms with van der Waals surface area (Å²) in [5.41, 5.74) is 29.3. The first-order chi connectivity index (χ1) is 49.3. The zero-order chi connectivity index (χ0) is 78.5. The number of benzene rings is 1. The van der Waals surface area contributed by atoms with Crippen LogP contribution in [0.4, 0.5) is 0 Å². The monoisotopic (exact) mass is 1480 g/mol. The van der Waals surface area contributed by atoms with Gasteiger partial charge in [0.05, 0.1) is 18.8 Å². The highest BCUT2D eigenvalue weighted by molar-refractivity contribution is 6.01. The maximum atomic E-state index is 14.6. The van der Waals surface area contributed by atoms with E-state index in [1.165, 1.54) is 33.3 Å². The fourth-order valence-electron chi connectivity index (χ4n) is 11.1. The molecule has 105 heavy (non-hydrogen) atoms. The van der Waals surface area contributed by atoms with Crippen LogP contribution in [0.3, 0.4) is 0 Å². The van der Waals surface area contributed by atoms with E-state index in [2.05, 4.69) is 78.4 Å². The van der Waals surface area contributed by atoms with Gasteiger partial charge in [0.2, 0.25) is 82.7 Å². The Hall–Kier alpha value is -11.3. The van der Waals surface area contributed by atoms with Crippen LogP contribution in [-0.4, -0.2) is 222 Å². The summed E-state index contributed by atoms with van der Waals surface area (Å²) in [6.45, 7) is 12.0. The molecule has 3 heterocycles. The van der Waals surface area contributed by atoms with Crippen LogP contribution in [0.1, 0.15) is 137 Å². The molecule has 1 aliphatic heterocycles. The summed E-state index contributed by atoms with van der Waals surface area (Å²) in [6, 6.07) is -11.6. The molecule has 578 valence electrons. The van der Waals surface area contributed by atoms with E-state index in [9.17, 15) is 86.9 Å². The van der Waals surface area contributed by atoms with Crippen LogP contribution < -0.4 is 87.2 Å². The summed E-state index contributed by atoms with van der Waals surface area (Å²) >= 11 is 0. The van der Waals surface area contributed by atoms with Crippen molar-refractivity contribution in [1.29, 1.82) is 0 Å². The van der Waals surface area contributed by atoms with Crippen molar-refractivity contribution in [2.75, 3.05) is 13.1 Å². The maximum absolute atomic E-state index is 14.6. The third-order valence-corrected chi connectivity index (χ3v) is 16.7. The second-order valence-electron chi connectivity index (χ2n) is 26.7. The van der Waals surface area contributed by atoms with Gasteiger partial charge in [-0.2, -0.15) is 0 Å². The summed E-state index contributed by atoms with van der Waals surface area (Å²) in [6.07, 6.45) is 0.570. The number of nitrogens with one attached hydrogen (secondary N) is 13. The first-order valence-corrected chi connectivity index (χ1v) is 34.3. The minimum absolute atomic E-state index is 0.00533. The van der Waals surface area contributed by atoms with Crippen LogP contribution in [0.25, 0.3) is 10.9 Å². The fourth-order valence-corrected chi connectivity index (χ4v) is 11.1. The van der Waals surface area contributed by atoms with Gasteiger partial charge in [-0.15, -0.1) is 0 Å². The number of nitrogens with two attached hydrogens (primary N) is 5. The van der Waals surface area contributed by atoms with E-state index < -0.39 is 205 Å². The van der Waals surface area contributed by atoms with Crippen LogP contribution >= 0.6 is 0 Å². The molecule has 2 aromatic heterocycles. The summed E-state index contributed by atoms with van der Waals surface area (Å²) in [4.78, 5) is 231. The van der Waals surface area contributed by atoms with Gasteiger partial charge in [0.15, 0.2) is 5.96 Å². The van der Waals surface area contributed by atoms with Gasteiger partial charge in [0.1, 0.15) is 72.5 Å². The standard InChI is InChI=1S/C66H101N21O18/c1-31(2)23-44(84-62(101)45(24-32(3)4)83-56(95)41(15-11-21-73-66(70)71)79-54(93)35(7)77-59(98)46(82-55(94)34(6)76-53(92)33(5)67)25-37-28-74-40-14-10-9-13-39(37)40)61(100)81-42(17-19-50(68)88)57(96)80-43(18-20-52(90)91)58(97)86-48(26-38-29-72-30-75-38)64(103)87-22-12-16-49(87)63(102)85-47(27-51(69)89)60(99)78-36(8)65(104)105/h9-10,13-14,28-36,41-49,74H,11-12,15-27,67H2,1-8H3,(H2,68,88)(H2,69,89)(H,72,75)(H,76,92)(H,77,98)(H,78,99)(H,79,93)(H,80,96)(H,81,100)(H,82,94)(H,83,95)(H,84,101)(H,85,102)(H,86,97)(H,90,91)(H,104,105)(H4,70,71,73)/t33-,34-,35-,36-,41-,42-,43-,44-,45-,46-,47-,48-,49-/m0/s1. The Morgan fingerprint density at radius 3 is 1.54 bits per heavy atom. The number of aromatic amines is 2. The Kier molecular flexibility index (Phi) is 34.2. The van der Waals surface area contributed by atoms with Gasteiger partial charge in [0, 0.05) is 67.8 Å². The van der Waals surface area contributed by atoms with Crippen molar-refractivity contribution in [3.63, 3.8) is 0 Å². The molecule has 0 radical (unpaired) electrons. The van der Waals surface area contributed by atoms with Crippen LogP contribution in [0, 0.1) is 11.8 Å². The number of carboxylic acids is 2. The Morgan fingerprint density at radius 2 is 1.03 bits per heavy atom. The molecule has 0 aliphatic carbocycles. The number of carbonyl (C=O) groups is 16. The molecule has 1 aliphatic rings. The number of imidazole rings is 1. The smallest absolute Gasteiger partial charge is 0.325 e. The molecule has 0 spiro atoms. The first kappa shape index (κ1) is 86.1. The van der Waals surface area contributed by atoms with Crippen LogP contribution in [0.15, 0.2) is 48.0 Å². The van der Waals surface area contributed by atoms with Crippen molar-refractivity contribution in [3.8, 4) is 0 Å². The molecule has 1 saturated heterocycles. The molecule has 1 aromatic carbocycles. The molecular weight excluding hydrogens is 1370 g/mol. The average Bonchev–Trinajstić information content (AvgIpc) is 1.73. The molecule has 14 amide bonds. The van der Waals surface area contributed by atoms with E-state index in [0.717, 1.165) is 22.7 Å². The first-order valence-electron chi connectivity index (χ1n) is 34.3. The molecule has 39 heteroatoms. The molecule has 1 fully saturated rings. The molecule has 3 aromatic rings. The van der Waals surface area contributed by atoms with Crippen molar-refractivity contribution in [1.82, 2.24) is 78.3 Å². The summed E-state index contributed by atoms with van der Waals surface area (Å²) < 4.78 is 0. The topological polar surface area (TPSA) is 636 Å². The van der Waals surface area contributed by atoms with Crippen molar-refractivity contribution < 1.29 is 86.9 Å². The van der Waals surface area contributed by atoms with Gasteiger partial charge in [-0.05, 0) is 103 Å². The lowest BCUT2D eigenvalue weighted by Gasteiger charge is -2.31.